The number of carbonyl (C=O) groups is 2. The Bertz CT molecular complexity index is 1400. The topological polar surface area (TPSA) is 114 Å². The fourth-order valence-electron chi connectivity index (χ4n) is 3.99. The fraction of sp³-hybridized carbons (Fsp3) is 0.286. The number of methoxy groups -OCH3 is 3. The molecule has 2 amide bonds. The average molecular weight is 556 g/mol. The number of nitrogens with one attached hydrogen (secondary N) is 1. The van der Waals surface area contributed by atoms with Crippen molar-refractivity contribution < 1.29 is 32.2 Å². The highest BCUT2D eigenvalue weighted by atomic mass is 32.2. The van der Waals surface area contributed by atoms with Gasteiger partial charge in [-0.3, -0.25) is 13.9 Å². The molecule has 3 aromatic carbocycles. The summed E-state index contributed by atoms with van der Waals surface area (Å²) in [5, 5.41) is 2.56. The third kappa shape index (κ3) is 6.80. The lowest BCUT2D eigenvalue weighted by Crippen LogP contribution is -2.50. The maximum atomic E-state index is 13.9. The van der Waals surface area contributed by atoms with Gasteiger partial charge >= 0.3 is 0 Å². The molecule has 1 N–H and O–H groups in total. The first-order valence-corrected chi connectivity index (χ1v) is 13.5. The number of rotatable bonds is 12. The number of amides is 2. The Balaban J connectivity index is 2.04. The molecule has 11 heteroatoms. The van der Waals surface area contributed by atoms with Crippen LogP contribution >= 0.6 is 0 Å². The molecule has 0 bridgehead atoms. The van der Waals surface area contributed by atoms with E-state index in [1.54, 1.807) is 61.5 Å². The second-order valence-corrected chi connectivity index (χ2v) is 10.4. The third-order valence-electron chi connectivity index (χ3n) is 6.17. The van der Waals surface area contributed by atoms with Crippen LogP contribution in [0.15, 0.2) is 77.7 Å². The molecular weight excluding hydrogens is 522 g/mol. The van der Waals surface area contributed by atoms with Crippen molar-refractivity contribution in [1.29, 1.82) is 0 Å². The van der Waals surface area contributed by atoms with Crippen molar-refractivity contribution in [2.24, 2.45) is 0 Å². The molecule has 39 heavy (non-hydrogen) atoms. The van der Waals surface area contributed by atoms with E-state index >= 15 is 0 Å². The van der Waals surface area contributed by atoms with Crippen molar-refractivity contribution in [3.05, 3.63) is 78.4 Å². The van der Waals surface area contributed by atoms with Crippen LogP contribution < -0.4 is 23.8 Å². The summed E-state index contributed by atoms with van der Waals surface area (Å²) in [6.07, 6.45) is 0. The minimum absolute atomic E-state index is 0.0592. The lowest BCUT2D eigenvalue weighted by Gasteiger charge is -2.31. The van der Waals surface area contributed by atoms with Gasteiger partial charge < -0.3 is 24.4 Å². The number of para-hydroxylation sites is 1. The molecule has 0 fully saturated rings. The lowest BCUT2D eigenvalue weighted by atomic mass is 10.1. The summed E-state index contributed by atoms with van der Waals surface area (Å²) in [4.78, 5) is 27.7. The summed E-state index contributed by atoms with van der Waals surface area (Å²) < 4.78 is 44.7. The number of ether oxygens (including phenoxy) is 3. The molecule has 1 atom stereocenters. The summed E-state index contributed by atoms with van der Waals surface area (Å²) in [6, 6.07) is 18.7. The molecule has 0 aliphatic rings. The molecule has 0 saturated carbocycles. The van der Waals surface area contributed by atoms with Crippen LogP contribution in [-0.4, -0.2) is 66.1 Å². The summed E-state index contributed by atoms with van der Waals surface area (Å²) in [6.45, 7) is 1.10. The average Bonchev–Trinajstić information content (AvgIpc) is 2.97. The number of carbonyl (C=O) groups excluding carboxylic acids is 2. The molecule has 0 radical (unpaired) electrons. The van der Waals surface area contributed by atoms with Crippen molar-refractivity contribution >= 4 is 27.5 Å². The number of nitrogens with zero attached hydrogens (tertiary/aromatic N) is 2. The van der Waals surface area contributed by atoms with Crippen molar-refractivity contribution in [2.75, 3.05) is 39.2 Å². The molecule has 0 aromatic heterocycles. The maximum Gasteiger partial charge on any atom is 0.264 e. The van der Waals surface area contributed by atoms with Crippen LogP contribution in [0.4, 0.5) is 5.69 Å². The molecule has 10 nitrogen and oxygen atoms in total. The first-order chi connectivity index (χ1) is 18.7. The van der Waals surface area contributed by atoms with Gasteiger partial charge in [-0.2, -0.15) is 0 Å². The molecule has 0 aliphatic heterocycles. The highest BCUT2D eigenvalue weighted by molar-refractivity contribution is 7.92. The van der Waals surface area contributed by atoms with E-state index < -0.39 is 28.5 Å². The molecule has 0 saturated heterocycles. The second kappa shape index (κ2) is 13.0. The van der Waals surface area contributed by atoms with Gasteiger partial charge in [0.05, 0.1) is 31.9 Å². The zero-order valence-corrected chi connectivity index (χ0v) is 23.4. The highest BCUT2D eigenvalue weighted by Gasteiger charge is 2.32. The van der Waals surface area contributed by atoms with Crippen molar-refractivity contribution in [3.63, 3.8) is 0 Å². The minimum atomic E-state index is -4.25. The van der Waals surface area contributed by atoms with Crippen LogP contribution in [-0.2, 0) is 26.2 Å². The van der Waals surface area contributed by atoms with Gasteiger partial charge in [-0.25, -0.2) is 8.42 Å². The molecule has 208 valence electrons. The van der Waals surface area contributed by atoms with E-state index in [2.05, 4.69) is 5.32 Å². The molecule has 0 spiro atoms. The van der Waals surface area contributed by atoms with Crippen LogP contribution in [0.25, 0.3) is 0 Å². The van der Waals surface area contributed by atoms with Gasteiger partial charge in [-0.15, -0.1) is 0 Å². The number of benzene rings is 3. The van der Waals surface area contributed by atoms with E-state index in [0.29, 0.717) is 17.1 Å². The normalized spacial score (nSPS) is 11.7. The Labute approximate surface area is 229 Å². The standard InChI is InChI=1S/C28H33N3O7S/c1-20(28(33)29-2)30(18-21-10-9-13-23(16-21)36-3)27(32)19-31(22-11-7-6-8-12-22)39(34,35)24-14-15-25(37-4)26(17-24)38-5/h6-17,20H,18-19H2,1-5H3,(H,29,33)/t20-/m0/s1. The zero-order valence-electron chi connectivity index (χ0n) is 22.6. The Morgan fingerprint density at radius 1 is 0.872 bits per heavy atom. The Morgan fingerprint density at radius 3 is 2.18 bits per heavy atom. The van der Waals surface area contributed by atoms with Gasteiger partial charge in [0.1, 0.15) is 18.3 Å². The molecule has 3 rings (SSSR count). The van der Waals surface area contributed by atoms with Gasteiger partial charge in [-0.05, 0) is 48.9 Å². The predicted molar refractivity (Wildman–Crippen MR) is 148 cm³/mol. The van der Waals surface area contributed by atoms with Crippen LogP contribution in [0.1, 0.15) is 12.5 Å². The highest BCUT2D eigenvalue weighted by Crippen LogP contribution is 2.32. The van der Waals surface area contributed by atoms with Gasteiger partial charge in [0, 0.05) is 19.7 Å². The zero-order chi connectivity index (χ0) is 28.6. The van der Waals surface area contributed by atoms with Crippen molar-refractivity contribution in [3.8, 4) is 17.2 Å². The van der Waals surface area contributed by atoms with E-state index in [1.807, 2.05) is 0 Å². The first-order valence-electron chi connectivity index (χ1n) is 12.1. The Hall–Kier alpha value is -4.25. The first kappa shape index (κ1) is 29.3. The third-order valence-corrected chi connectivity index (χ3v) is 7.94. The number of likely N-dealkylation sites (N-methyl/N-ethyl adjacent to an activating group) is 1. The van der Waals surface area contributed by atoms with Gasteiger partial charge in [0.25, 0.3) is 10.0 Å². The van der Waals surface area contributed by atoms with Crippen LogP contribution in [0.3, 0.4) is 0 Å². The Kier molecular flexibility index (Phi) is 9.78. The van der Waals surface area contributed by atoms with Crippen molar-refractivity contribution in [2.45, 2.75) is 24.4 Å². The number of sulfonamides is 1. The van der Waals surface area contributed by atoms with Crippen LogP contribution in [0.5, 0.6) is 17.2 Å². The molecule has 0 aliphatic carbocycles. The number of hydrogen-bond acceptors (Lipinski definition) is 7. The van der Waals surface area contributed by atoms with E-state index in [9.17, 15) is 18.0 Å². The maximum absolute atomic E-state index is 13.9. The summed E-state index contributed by atoms with van der Waals surface area (Å²) in [7, 11) is 1.62. The van der Waals surface area contributed by atoms with E-state index in [-0.39, 0.29) is 28.8 Å². The molecule has 0 unspecified atom stereocenters. The molecule has 0 heterocycles. The number of hydrogen-bond donors (Lipinski definition) is 1. The van der Waals surface area contributed by atoms with Gasteiger partial charge in [-0.1, -0.05) is 30.3 Å². The SMILES string of the molecule is CNC(=O)[C@H](C)N(Cc1cccc(OC)c1)C(=O)CN(c1ccccc1)S(=O)(=O)c1ccc(OC)c(OC)c1. The monoisotopic (exact) mass is 555 g/mol. The van der Waals surface area contributed by atoms with E-state index in [4.69, 9.17) is 14.2 Å². The molecule has 3 aromatic rings. The number of anilines is 1. The van der Waals surface area contributed by atoms with E-state index in [1.165, 1.54) is 51.5 Å². The van der Waals surface area contributed by atoms with E-state index in [0.717, 1.165) is 4.31 Å². The van der Waals surface area contributed by atoms with Crippen LogP contribution in [0, 0.1) is 0 Å². The summed E-state index contributed by atoms with van der Waals surface area (Å²) in [5.41, 5.74) is 1.00. The van der Waals surface area contributed by atoms with Gasteiger partial charge in [0.2, 0.25) is 11.8 Å². The van der Waals surface area contributed by atoms with Gasteiger partial charge in [0.15, 0.2) is 11.5 Å². The molecular formula is C28H33N3O7S. The quantitative estimate of drug-likeness (QED) is 0.365. The summed E-state index contributed by atoms with van der Waals surface area (Å²) in [5.74, 6) is 0.227. The second-order valence-electron chi connectivity index (χ2n) is 8.53. The lowest BCUT2D eigenvalue weighted by molar-refractivity contribution is -0.139. The smallest absolute Gasteiger partial charge is 0.264 e. The largest absolute Gasteiger partial charge is 0.497 e. The minimum Gasteiger partial charge on any atom is -0.497 e. The predicted octanol–water partition coefficient (Wildman–Crippen LogP) is 3.07. The fourth-order valence-corrected chi connectivity index (χ4v) is 5.42. The van der Waals surface area contributed by atoms with Crippen LogP contribution in [0.2, 0.25) is 0 Å². The Morgan fingerprint density at radius 2 is 1.56 bits per heavy atom. The van der Waals surface area contributed by atoms with Crippen molar-refractivity contribution in [1.82, 2.24) is 10.2 Å². The summed E-state index contributed by atoms with van der Waals surface area (Å²) >= 11 is 0.